The topological polar surface area (TPSA) is 38.3 Å². The Kier molecular flexibility index (Phi) is 6.53. The van der Waals surface area contributed by atoms with Gasteiger partial charge in [0.15, 0.2) is 0 Å². The number of carbonyl (C=O) groups is 1. The van der Waals surface area contributed by atoms with Gasteiger partial charge in [0, 0.05) is 12.6 Å². The second-order valence-electron chi connectivity index (χ2n) is 4.19. The first-order valence-corrected chi connectivity index (χ1v) is 6.01. The molecule has 1 amide bonds. The highest BCUT2D eigenvalue weighted by molar-refractivity contribution is 5.91. The average Bonchev–Trinajstić information content (AvgIpc) is 2.35. The Balaban J connectivity index is 2.25. The highest BCUT2D eigenvalue weighted by Crippen LogP contribution is 2.04. The number of amides is 1. The molecule has 0 aromatic heterocycles. The third-order valence-corrected chi connectivity index (χ3v) is 2.17. The van der Waals surface area contributed by atoms with Crippen molar-refractivity contribution in [3.05, 3.63) is 53.9 Å². The lowest BCUT2D eigenvalue weighted by Crippen LogP contribution is -2.25. The zero-order valence-corrected chi connectivity index (χ0v) is 11.0. The van der Waals surface area contributed by atoms with Crippen LogP contribution >= 0.6 is 0 Å². The molecule has 0 radical (unpaired) electrons. The molecule has 0 fully saturated rings. The monoisotopic (exact) mass is 263 g/mol. The molecule has 0 heterocycles. The number of benzene rings is 1. The molecule has 0 aliphatic carbocycles. The van der Waals surface area contributed by atoms with Gasteiger partial charge >= 0.3 is 0 Å². The van der Waals surface area contributed by atoms with Crippen molar-refractivity contribution in [1.82, 2.24) is 5.32 Å². The minimum Gasteiger partial charge on any atom is -0.375 e. The maximum Gasteiger partial charge on any atom is 0.244 e. The maximum absolute atomic E-state index is 12.9. The summed E-state index contributed by atoms with van der Waals surface area (Å²) in [4.78, 5) is 11.4. The van der Waals surface area contributed by atoms with E-state index in [0.717, 1.165) is 5.57 Å². The Morgan fingerprint density at radius 1 is 1.53 bits per heavy atom. The highest BCUT2D eigenvalue weighted by atomic mass is 19.1. The van der Waals surface area contributed by atoms with E-state index in [0.29, 0.717) is 25.3 Å². The van der Waals surface area contributed by atoms with Crippen LogP contribution in [0.4, 0.5) is 4.39 Å². The molecular weight excluding hydrogens is 245 g/mol. The molecule has 0 saturated carbocycles. The maximum atomic E-state index is 12.9. The van der Waals surface area contributed by atoms with Crippen molar-refractivity contribution in [2.24, 2.45) is 0 Å². The summed E-state index contributed by atoms with van der Waals surface area (Å²) < 4.78 is 18.1. The quantitative estimate of drug-likeness (QED) is 0.466. The van der Waals surface area contributed by atoms with Crippen molar-refractivity contribution >= 4 is 12.0 Å². The van der Waals surface area contributed by atoms with Gasteiger partial charge in [0.2, 0.25) is 5.91 Å². The summed E-state index contributed by atoms with van der Waals surface area (Å²) in [7, 11) is 0. The molecule has 19 heavy (non-hydrogen) atoms. The largest absolute Gasteiger partial charge is 0.375 e. The number of halogens is 1. The number of carbonyl (C=O) groups excluding carboxylic acids is 1. The fourth-order valence-electron chi connectivity index (χ4n) is 1.33. The Hall–Kier alpha value is -1.94. The van der Waals surface area contributed by atoms with Crippen molar-refractivity contribution in [1.29, 1.82) is 0 Å². The summed E-state index contributed by atoms with van der Waals surface area (Å²) in [6.07, 6.45) is 2.93. The molecule has 0 bridgehead atoms. The molecule has 1 aromatic rings. The van der Waals surface area contributed by atoms with Crippen molar-refractivity contribution in [3.63, 3.8) is 0 Å². The Morgan fingerprint density at radius 2 is 2.32 bits per heavy atom. The lowest BCUT2D eigenvalue weighted by Gasteiger charge is -2.04. The van der Waals surface area contributed by atoms with Gasteiger partial charge in [-0.1, -0.05) is 24.3 Å². The third-order valence-electron chi connectivity index (χ3n) is 2.17. The number of hydrogen-bond donors (Lipinski definition) is 1. The van der Waals surface area contributed by atoms with Crippen molar-refractivity contribution in [2.75, 3.05) is 19.8 Å². The van der Waals surface area contributed by atoms with Crippen LogP contribution in [0.25, 0.3) is 6.08 Å². The van der Waals surface area contributed by atoms with Crippen LogP contribution in [0, 0.1) is 5.82 Å². The molecule has 0 saturated heterocycles. The minimum atomic E-state index is -0.323. The Labute approximate surface area is 112 Å². The zero-order chi connectivity index (χ0) is 14.1. The van der Waals surface area contributed by atoms with E-state index in [-0.39, 0.29) is 11.7 Å². The van der Waals surface area contributed by atoms with Gasteiger partial charge < -0.3 is 10.1 Å². The molecule has 102 valence electrons. The van der Waals surface area contributed by atoms with Gasteiger partial charge in [0.05, 0.1) is 13.2 Å². The second kappa shape index (κ2) is 8.21. The Morgan fingerprint density at radius 3 is 3.00 bits per heavy atom. The summed E-state index contributed by atoms with van der Waals surface area (Å²) in [5.74, 6) is -0.557. The molecule has 1 aromatic carbocycles. The molecule has 4 heteroatoms. The lowest BCUT2D eigenvalue weighted by molar-refractivity contribution is -0.116. The second-order valence-corrected chi connectivity index (χ2v) is 4.19. The molecule has 0 aliphatic heterocycles. The van der Waals surface area contributed by atoms with E-state index in [2.05, 4.69) is 11.9 Å². The number of ether oxygens (including phenoxy) is 1. The molecule has 0 spiro atoms. The molecule has 0 aliphatic rings. The van der Waals surface area contributed by atoms with E-state index < -0.39 is 0 Å². The smallest absolute Gasteiger partial charge is 0.244 e. The number of nitrogens with one attached hydrogen (secondary N) is 1. The van der Waals surface area contributed by atoms with Gasteiger partial charge in [-0.3, -0.25) is 4.79 Å². The van der Waals surface area contributed by atoms with Crippen LogP contribution in [0.5, 0.6) is 0 Å². The first-order valence-electron chi connectivity index (χ1n) is 6.01. The molecule has 0 unspecified atom stereocenters. The SMILES string of the molecule is C=C(C)COCCNC(=O)/C=C/c1cccc(F)c1. The van der Waals surface area contributed by atoms with Crippen molar-refractivity contribution < 1.29 is 13.9 Å². The molecule has 3 nitrogen and oxygen atoms in total. The molecule has 1 rings (SSSR count). The fraction of sp³-hybridized carbons (Fsp3) is 0.267. The third kappa shape index (κ3) is 7.16. The number of hydrogen-bond acceptors (Lipinski definition) is 2. The summed E-state index contributed by atoms with van der Waals surface area (Å²) in [5.41, 5.74) is 1.59. The van der Waals surface area contributed by atoms with Crippen LogP contribution in [0.3, 0.4) is 0 Å². The first kappa shape index (κ1) is 15.1. The first-order chi connectivity index (χ1) is 9.08. The summed E-state index contributed by atoms with van der Waals surface area (Å²) >= 11 is 0. The van der Waals surface area contributed by atoms with E-state index in [1.165, 1.54) is 18.2 Å². The van der Waals surface area contributed by atoms with Crippen LogP contribution in [0.2, 0.25) is 0 Å². The fourth-order valence-corrected chi connectivity index (χ4v) is 1.33. The van der Waals surface area contributed by atoms with E-state index >= 15 is 0 Å². The molecule has 0 atom stereocenters. The van der Waals surface area contributed by atoms with Gasteiger partial charge in [-0.05, 0) is 30.7 Å². The average molecular weight is 263 g/mol. The van der Waals surface area contributed by atoms with Gasteiger partial charge in [-0.2, -0.15) is 0 Å². The normalized spacial score (nSPS) is 10.6. The van der Waals surface area contributed by atoms with Crippen molar-refractivity contribution in [3.8, 4) is 0 Å². The van der Waals surface area contributed by atoms with Crippen LogP contribution in [-0.4, -0.2) is 25.7 Å². The van der Waals surface area contributed by atoms with Crippen LogP contribution in [0.1, 0.15) is 12.5 Å². The van der Waals surface area contributed by atoms with E-state index in [9.17, 15) is 9.18 Å². The van der Waals surface area contributed by atoms with Gasteiger partial charge in [0.25, 0.3) is 0 Å². The lowest BCUT2D eigenvalue weighted by atomic mass is 10.2. The predicted octanol–water partition coefficient (Wildman–Crippen LogP) is 2.55. The number of rotatable bonds is 7. The molecular formula is C15H18FNO2. The van der Waals surface area contributed by atoms with E-state index in [1.54, 1.807) is 18.2 Å². The summed E-state index contributed by atoms with van der Waals surface area (Å²) in [6.45, 7) is 6.94. The van der Waals surface area contributed by atoms with E-state index in [4.69, 9.17) is 4.74 Å². The summed E-state index contributed by atoms with van der Waals surface area (Å²) in [5, 5.41) is 2.67. The van der Waals surface area contributed by atoms with Crippen molar-refractivity contribution in [2.45, 2.75) is 6.92 Å². The van der Waals surface area contributed by atoms with Crippen LogP contribution < -0.4 is 5.32 Å². The minimum absolute atomic E-state index is 0.233. The predicted molar refractivity (Wildman–Crippen MR) is 74.1 cm³/mol. The van der Waals surface area contributed by atoms with Gasteiger partial charge in [0.1, 0.15) is 5.82 Å². The Bertz CT molecular complexity index is 469. The van der Waals surface area contributed by atoms with Crippen LogP contribution in [-0.2, 0) is 9.53 Å². The van der Waals surface area contributed by atoms with E-state index in [1.807, 2.05) is 6.92 Å². The summed E-state index contributed by atoms with van der Waals surface area (Å²) in [6, 6.07) is 6.04. The molecule has 1 N–H and O–H groups in total. The highest BCUT2D eigenvalue weighted by Gasteiger charge is 1.96. The van der Waals surface area contributed by atoms with Gasteiger partial charge in [-0.25, -0.2) is 4.39 Å². The zero-order valence-electron chi connectivity index (χ0n) is 11.0. The van der Waals surface area contributed by atoms with Crippen LogP contribution in [0.15, 0.2) is 42.5 Å². The standard InChI is InChI=1S/C15H18FNO2/c1-12(2)11-19-9-8-17-15(18)7-6-13-4-3-5-14(16)10-13/h3-7,10H,1,8-9,11H2,2H3,(H,17,18)/b7-6+. The van der Waals surface area contributed by atoms with Gasteiger partial charge in [-0.15, -0.1) is 0 Å².